The van der Waals surface area contributed by atoms with Gasteiger partial charge >= 0.3 is 41.6 Å². The minimum absolute atomic E-state index is 0. The maximum absolute atomic E-state index is 12.4. The van der Waals surface area contributed by atoms with Gasteiger partial charge < -0.3 is 22.1 Å². The zero-order chi connectivity index (χ0) is 22.5. The molecule has 3 rings (SSSR count). The van der Waals surface area contributed by atoms with Gasteiger partial charge in [0.15, 0.2) is 11.8 Å². The van der Waals surface area contributed by atoms with Crippen LogP contribution in [0.5, 0.6) is 0 Å². The molecule has 0 saturated heterocycles. The normalized spacial score (nSPS) is 16.2. The molecule has 2 unspecified atom stereocenters. The maximum Gasteiger partial charge on any atom is 1.00 e. The van der Waals surface area contributed by atoms with E-state index in [1.54, 1.807) is 12.1 Å². The molecule has 1 heterocycles. The molecular formula is C23H24N3NaO5. The number of amides is 3. The number of rotatable bonds is 6. The number of hydrogen-bond acceptors (Lipinski definition) is 4. The van der Waals surface area contributed by atoms with Gasteiger partial charge in [-0.05, 0) is 29.2 Å². The molecule has 0 aromatic heterocycles. The summed E-state index contributed by atoms with van der Waals surface area (Å²) in [5.74, 6) is -2.21. The second-order valence-electron chi connectivity index (χ2n) is 7.31. The second kappa shape index (κ2) is 11.1. The van der Waals surface area contributed by atoms with E-state index in [1.807, 2.05) is 43.3 Å². The Kier molecular flexibility index (Phi) is 8.77. The van der Waals surface area contributed by atoms with Crippen molar-refractivity contribution in [3.63, 3.8) is 0 Å². The van der Waals surface area contributed by atoms with E-state index in [2.05, 4.69) is 10.6 Å². The number of ketones is 1. The first-order valence-corrected chi connectivity index (χ1v) is 9.70. The average molecular weight is 445 g/mol. The van der Waals surface area contributed by atoms with E-state index in [0.717, 1.165) is 16.7 Å². The van der Waals surface area contributed by atoms with Crippen LogP contribution in [0.3, 0.4) is 0 Å². The molecule has 2 aromatic rings. The minimum atomic E-state index is -1.34. The van der Waals surface area contributed by atoms with Crippen LogP contribution in [0.1, 0.15) is 25.0 Å². The SMILES string of the molecule is Cc1ccccc1-c1ccc(C(CC(=O)O)NC(=O)NC2C(=O)C=CN(C)C2=O)cc1.[H-].[Na+]. The van der Waals surface area contributed by atoms with Gasteiger partial charge in [0.25, 0.3) is 5.91 Å². The zero-order valence-electron chi connectivity index (χ0n) is 19.2. The molecular weight excluding hydrogens is 421 g/mol. The zero-order valence-corrected chi connectivity index (χ0v) is 20.2. The number of carbonyl (C=O) groups excluding carboxylic acids is 3. The van der Waals surface area contributed by atoms with Gasteiger partial charge in [-0.25, -0.2) is 4.79 Å². The molecule has 0 saturated carbocycles. The summed E-state index contributed by atoms with van der Waals surface area (Å²) in [6, 6.07) is 12.1. The van der Waals surface area contributed by atoms with E-state index in [-0.39, 0.29) is 37.4 Å². The second-order valence-corrected chi connectivity index (χ2v) is 7.31. The number of urea groups is 1. The number of benzene rings is 2. The maximum atomic E-state index is 12.4. The van der Waals surface area contributed by atoms with E-state index in [9.17, 15) is 24.3 Å². The van der Waals surface area contributed by atoms with Crippen molar-refractivity contribution in [3.8, 4) is 11.1 Å². The van der Waals surface area contributed by atoms with Crippen LogP contribution in [-0.4, -0.2) is 46.8 Å². The van der Waals surface area contributed by atoms with Crippen LogP contribution in [0.15, 0.2) is 60.8 Å². The molecule has 32 heavy (non-hydrogen) atoms. The number of aryl methyl sites for hydroxylation is 1. The standard InChI is InChI=1S/C23H23N3O5.Na.H/c1-14-5-3-4-6-17(14)15-7-9-16(10-8-15)18(13-20(28)29)24-23(31)25-21-19(27)11-12-26(2)22(21)30;;/h3-12,18,21H,13H2,1-2H3,(H,28,29)(H2,24,25,31);;/q;+1;-1. The molecule has 0 aliphatic carbocycles. The van der Waals surface area contributed by atoms with Crippen molar-refractivity contribution >= 4 is 23.7 Å². The van der Waals surface area contributed by atoms with Gasteiger partial charge in [0.05, 0.1) is 12.5 Å². The molecule has 1 aliphatic heterocycles. The monoisotopic (exact) mass is 445 g/mol. The van der Waals surface area contributed by atoms with Gasteiger partial charge in [0.1, 0.15) is 0 Å². The molecule has 3 N–H and O–H groups in total. The Morgan fingerprint density at radius 2 is 1.78 bits per heavy atom. The first kappa shape index (κ1) is 25.3. The summed E-state index contributed by atoms with van der Waals surface area (Å²) < 4.78 is 0. The van der Waals surface area contributed by atoms with Crippen molar-refractivity contribution < 1.29 is 55.3 Å². The Morgan fingerprint density at radius 1 is 1.12 bits per heavy atom. The van der Waals surface area contributed by atoms with E-state index < -0.39 is 35.8 Å². The largest absolute Gasteiger partial charge is 1.00 e. The van der Waals surface area contributed by atoms with Crippen molar-refractivity contribution in [2.75, 3.05) is 7.05 Å². The van der Waals surface area contributed by atoms with Gasteiger partial charge in [0.2, 0.25) is 0 Å². The third-order valence-corrected chi connectivity index (χ3v) is 5.07. The smallest absolute Gasteiger partial charge is 1.00 e. The number of carboxylic acid groups (broad SMARTS) is 1. The van der Waals surface area contributed by atoms with Crippen LogP contribution in [-0.2, 0) is 14.4 Å². The molecule has 8 nitrogen and oxygen atoms in total. The number of aliphatic carboxylic acids is 1. The number of nitrogens with one attached hydrogen (secondary N) is 2. The summed E-state index contributed by atoms with van der Waals surface area (Å²) in [5, 5.41) is 14.2. The summed E-state index contributed by atoms with van der Waals surface area (Å²) >= 11 is 0. The first-order valence-electron chi connectivity index (χ1n) is 9.70. The topological polar surface area (TPSA) is 116 Å². The Bertz CT molecular complexity index is 1060. The van der Waals surface area contributed by atoms with Crippen LogP contribution < -0.4 is 40.2 Å². The molecule has 1 aliphatic rings. The third kappa shape index (κ3) is 6.06. The van der Waals surface area contributed by atoms with Crippen LogP contribution >= 0.6 is 0 Å². The van der Waals surface area contributed by atoms with Gasteiger partial charge in [-0.1, -0.05) is 48.5 Å². The molecule has 2 aromatic carbocycles. The van der Waals surface area contributed by atoms with Crippen LogP contribution in [0.4, 0.5) is 4.79 Å². The molecule has 3 amide bonds. The fourth-order valence-corrected chi connectivity index (χ4v) is 3.36. The van der Waals surface area contributed by atoms with E-state index in [1.165, 1.54) is 24.2 Å². The Hall–Kier alpha value is -2.94. The number of likely N-dealkylation sites (N-methyl/N-ethyl adjacent to an activating group) is 1. The fraction of sp³-hybridized carbons (Fsp3) is 0.217. The molecule has 0 bridgehead atoms. The Balaban J connectivity index is 0.00000272. The summed E-state index contributed by atoms with van der Waals surface area (Å²) in [6.07, 6.45) is 2.17. The molecule has 0 radical (unpaired) electrons. The number of nitrogens with zero attached hydrogens (tertiary/aromatic N) is 1. The number of carboxylic acids is 1. The van der Waals surface area contributed by atoms with Gasteiger partial charge in [-0.15, -0.1) is 0 Å². The fourth-order valence-electron chi connectivity index (χ4n) is 3.36. The molecule has 162 valence electrons. The van der Waals surface area contributed by atoms with E-state index in [4.69, 9.17) is 0 Å². The van der Waals surface area contributed by atoms with Crippen molar-refractivity contribution in [2.45, 2.75) is 25.4 Å². The van der Waals surface area contributed by atoms with Crippen LogP contribution in [0.2, 0.25) is 0 Å². The van der Waals surface area contributed by atoms with Crippen molar-refractivity contribution in [3.05, 3.63) is 71.9 Å². The predicted molar refractivity (Wildman–Crippen MR) is 115 cm³/mol. The molecule has 0 spiro atoms. The van der Waals surface area contributed by atoms with E-state index >= 15 is 0 Å². The average Bonchev–Trinajstić information content (AvgIpc) is 2.74. The van der Waals surface area contributed by atoms with Crippen LogP contribution in [0.25, 0.3) is 11.1 Å². The molecule has 0 fully saturated rings. The Labute approximate surface area is 209 Å². The molecule has 2 atom stereocenters. The first-order chi connectivity index (χ1) is 14.8. The van der Waals surface area contributed by atoms with Gasteiger partial charge in [0, 0.05) is 19.3 Å². The van der Waals surface area contributed by atoms with Crippen molar-refractivity contribution in [2.24, 2.45) is 0 Å². The third-order valence-electron chi connectivity index (χ3n) is 5.07. The summed E-state index contributed by atoms with van der Waals surface area (Å²) in [4.78, 5) is 49.1. The van der Waals surface area contributed by atoms with E-state index in [0.29, 0.717) is 5.56 Å². The van der Waals surface area contributed by atoms with Gasteiger partial charge in [-0.3, -0.25) is 14.4 Å². The number of carbonyl (C=O) groups is 4. The van der Waals surface area contributed by atoms with Gasteiger partial charge in [-0.2, -0.15) is 0 Å². The van der Waals surface area contributed by atoms with Crippen molar-refractivity contribution in [1.29, 1.82) is 0 Å². The Morgan fingerprint density at radius 3 is 2.41 bits per heavy atom. The summed E-state index contributed by atoms with van der Waals surface area (Å²) in [6.45, 7) is 2.00. The predicted octanol–water partition coefficient (Wildman–Crippen LogP) is -0.483. The molecule has 9 heteroatoms. The minimum Gasteiger partial charge on any atom is -1.00 e. The van der Waals surface area contributed by atoms with Crippen molar-refractivity contribution in [1.82, 2.24) is 15.5 Å². The summed E-state index contributed by atoms with van der Waals surface area (Å²) in [7, 11) is 1.47. The van der Waals surface area contributed by atoms with Crippen LogP contribution in [0, 0.1) is 6.92 Å². The number of hydrogen-bond donors (Lipinski definition) is 3. The summed E-state index contributed by atoms with van der Waals surface area (Å²) in [5.41, 5.74) is 3.72. The quantitative estimate of drug-likeness (QED) is 0.410.